The SMILES string of the molecule is CCNC(CCc1ccccc1)c1c(F)ccc(Br)c1F. The van der Waals surface area contributed by atoms with E-state index in [2.05, 4.69) is 21.2 Å². The van der Waals surface area contributed by atoms with E-state index in [4.69, 9.17) is 0 Å². The van der Waals surface area contributed by atoms with Crippen LogP contribution in [0.5, 0.6) is 0 Å². The van der Waals surface area contributed by atoms with Gasteiger partial charge >= 0.3 is 0 Å². The molecule has 21 heavy (non-hydrogen) atoms. The van der Waals surface area contributed by atoms with E-state index in [1.165, 1.54) is 12.1 Å². The molecule has 4 heteroatoms. The maximum absolute atomic E-state index is 14.2. The highest BCUT2D eigenvalue weighted by atomic mass is 79.9. The summed E-state index contributed by atoms with van der Waals surface area (Å²) in [6.07, 6.45) is 1.41. The van der Waals surface area contributed by atoms with Gasteiger partial charge in [-0.05, 0) is 53.0 Å². The Hall–Kier alpha value is -1.26. The van der Waals surface area contributed by atoms with E-state index >= 15 is 0 Å². The van der Waals surface area contributed by atoms with Crippen LogP contribution in [-0.4, -0.2) is 6.54 Å². The fourth-order valence-electron chi connectivity index (χ4n) is 2.41. The average Bonchev–Trinajstić information content (AvgIpc) is 2.50. The molecule has 0 aliphatic carbocycles. The summed E-state index contributed by atoms with van der Waals surface area (Å²) < 4.78 is 28.6. The van der Waals surface area contributed by atoms with Crippen molar-refractivity contribution in [3.05, 3.63) is 69.7 Å². The first kappa shape index (κ1) is 16.1. The minimum Gasteiger partial charge on any atom is -0.310 e. The van der Waals surface area contributed by atoms with Crippen LogP contribution < -0.4 is 5.32 Å². The van der Waals surface area contributed by atoms with Gasteiger partial charge in [-0.2, -0.15) is 0 Å². The largest absolute Gasteiger partial charge is 0.310 e. The normalized spacial score (nSPS) is 12.4. The maximum atomic E-state index is 14.2. The average molecular weight is 354 g/mol. The quantitative estimate of drug-likeness (QED) is 0.719. The van der Waals surface area contributed by atoms with Crippen LogP contribution in [-0.2, 0) is 6.42 Å². The predicted molar refractivity (Wildman–Crippen MR) is 85.2 cm³/mol. The number of hydrogen-bond donors (Lipinski definition) is 1. The molecular weight excluding hydrogens is 336 g/mol. The third-order valence-corrected chi connectivity index (χ3v) is 4.06. The van der Waals surface area contributed by atoms with Crippen molar-refractivity contribution < 1.29 is 8.78 Å². The second kappa shape index (κ2) is 7.66. The lowest BCUT2D eigenvalue weighted by molar-refractivity contribution is 0.453. The van der Waals surface area contributed by atoms with E-state index in [1.54, 1.807) is 0 Å². The molecule has 0 fully saturated rings. The van der Waals surface area contributed by atoms with Gasteiger partial charge in [0.1, 0.15) is 11.6 Å². The van der Waals surface area contributed by atoms with E-state index < -0.39 is 11.6 Å². The summed E-state index contributed by atoms with van der Waals surface area (Å²) >= 11 is 3.13. The van der Waals surface area contributed by atoms with E-state index in [9.17, 15) is 8.78 Å². The molecule has 0 heterocycles. The standard InChI is InChI=1S/C17H18BrF2N/c1-2-21-15(11-8-12-6-4-3-5-7-12)16-14(19)10-9-13(18)17(16)20/h3-7,9-10,15,21H,2,8,11H2,1H3. The van der Waals surface area contributed by atoms with Gasteiger partial charge in [-0.15, -0.1) is 0 Å². The van der Waals surface area contributed by atoms with E-state index in [1.807, 2.05) is 37.3 Å². The number of rotatable bonds is 6. The fraction of sp³-hybridized carbons (Fsp3) is 0.294. The minimum atomic E-state index is -0.519. The molecule has 2 rings (SSSR count). The van der Waals surface area contributed by atoms with Gasteiger partial charge in [-0.3, -0.25) is 0 Å². The first-order valence-electron chi connectivity index (χ1n) is 7.04. The minimum absolute atomic E-state index is 0.113. The Morgan fingerprint density at radius 1 is 1.10 bits per heavy atom. The highest BCUT2D eigenvalue weighted by Gasteiger charge is 2.21. The zero-order chi connectivity index (χ0) is 15.2. The summed E-state index contributed by atoms with van der Waals surface area (Å²) in [7, 11) is 0. The van der Waals surface area contributed by atoms with Gasteiger partial charge in [0, 0.05) is 11.6 Å². The summed E-state index contributed by atoms with van der Waals surface area (Å²) in [5.41, 5.74) is 1.28. The molecule has 1 nitrogen and oxygen atoms in total. The van der Waals surface area contributed by atoms with E-state index in [0.29, 0.717) is 17.4 Å². The Kier molecular flexibility index (Phi) is 5.88. The van der Waals surface area contributed by atoms with Gasteiger partial charge in [0.25, 0.3) is 0 Å². The molecule has 0 saturated carbocycles. The Bertz CT molecular complexity index is 587. The van der Waals surface area contributed by atoms with Crippen molar-refractivity contribution in [2.75, 3.05) is 6.54 Å². The molecule has 1 unspecified atom stereocenters. The molecule has 1 N–H and O–H groups in total. The number of hydrogen-bond acceptors (Lipinski definition) is 1. The molecule has 0 radical (unpaired) electrons. The Labute approximate surface area is 132 Å². The molecule has 2 aromatic rings. The summed E-state index contributed by atoms with van der Waals surface area (Å²) in [5.74, 6) is -1.02. The second-order valence-corrected chi connectivity index (χ2v) is 5.75. The van der Waals surface area contributed by atoms with Gasteiger partial charge in [0.2, 0.25) is 0 Å². The van der Waals surface area contributed by atoms with Crippen molar-refractivity contribution in [2.45, 2.75) is 25.8 Å². The molecule has 1 atom stereocenters. The highest BCUT2D eigenvalue weighted by Crippen LogP contribution is 2.29. The van der Waals surface area contributed by atoms with Crippen LogP contribution in [0.4, 0.5) is 8.78 Å². The number of benzene rings is 2. The van der Waals surface area contributed by atoms with Crippen LogP contribution in [0.25, 0.3) is 0 Å². The lowest BCUT2D eigenvalue weighted by Crippen LogP contribution is -2.24. The van der Waals surface area contributed by atoms with Crippen LogP contribution in [0.3, 0.4) is 0 Å². The van der Waals surface area contributed by atoms with Crippen LogP contribution in [0, 0.1) is 11.6 Å². The smallest absolute Gasteiger partial charge is 0.145 e. The Morgan fingerprint density at radius 2 is 1.81 bits per heavy atom. The van der Waals surface area contributed by atoms with Crippen LogP contribution in [0.1, 0.15) is 30.5 Å². The number of nitrogens with one attached hydrogen (secondary N) is 1. The zero-order valence-corrected chi connectivity index (χ0v) is 13.5. The van der Waals surface area contributed by atoms with Crippen molar-refractivity contribution in [2.24, 2.45) is 0 Å². The van der Waals surface area contributed by atoms with Gasteiger partial charge in [-0.25, -0.2) is 8.78 Å². The monoisotopic (exact) mass is 353 g/mol. The number of aryl methyl sites for hydroxylation is 1. The summed E-state index contributed by atoms with van der Waals surface area (Å²) in [6.45, 7) is 2.59. The summed E-state index contributed by atoms with van der Waals surface area (Å²) in [4.78, 5) is 0. The first-order chi connectivity index (χ1) is 10.1. The lowest BCUT2D eigenvalue weighted by atomic mass is 9.98. The van der Waals surface area contributed by atoms with Crippen molar-refractivity contribution in [3.63, 3.8) is 0 Å². The molecule has 0 bridgehead atoms. The molecule has 0 aliphatic rings. The topological polar surface area (TPSA) is 12.0 Å². The van der Waals surface area contributed by atoms with E-state index in [-0.39, 0.29) is 11.6 Å². The molecule has 0 aliphatic heterocycles. The zero-order valence-electron chi connectivity index (χ0n) is 11.9. The molecule has 0 spiro atoms. The van der Waals surface area contributed by atoms with Gasteiger partial charge in [0.15, 0.2) is 0 Å². The van der Waals surface area contributed by atoms with Gasteiger partial charge in [-0.1, -0.05) is 37.3 Å². The molecule has 0 aromatic heterocycles. The third-order valence-electron chi connectivity index (χ3n) is 3.44. The van der Waals surface area contributed by atoms with Crippen molar-refractivity contribution in [1.29, 1.82) is 0 Å². The molecule has 2 aromatic carbocycles. The first-order valence-corrected chi connectivity index (χ1v) is 7.83. The predicted octanol–water partition coefficient (Wildman–Crippen LogP) is 5.01. The third kappa shape index (κ3) is 4.11. The highest BCUT2D eigenvalue weighted by molar-refractivity contribution is 9.10. The maximum Gasteiger partial charge on any atom is 0.145 e. The Morgan fingerprint density at radius 3 is 2.48 bits per heavy atom. The second-order valence-electron chi connectivity index (χ2n) is 4.89. The van der Waals surface area contributed by atoms with Gasteiger partial charge < -0.3 is 5.32 Å². The van der Waals surface area contributed by atoms with E-state index in [0.717, 1.165) is 12.0 Å². The summed E-state index contributed by atoms with van der Waals surface area (Å²) in [6, 6.07) is 12.3. The van der Waals surface area contributed by atoms with Crippen LogP contribution in [0.2, 0.25) is 0 Å². The van der Waals surface area contributed by atoms with Crippen LogP contribution >= 0.6 is 15.9 Å². The fourth-order valence-corrected chi connectivity index (χ4v) is 2.76. The lowest BCUT2D eigenvalue weighted by Gasteiger charge is -2.20. The van der Waals surface area contributed by atoms with Gasteiger partial charge in [0.05, 0.1) is 4.47 Å². The summed E-state index contributed by atoms with van der Waals surface area (Å²) in [5, 5.41) is 3.18. The number of halogens is 3. The molecular formula is C17H18BrF2N. The van der Waals surface area contributed by atoms with Crippen molar-refractivity contribution >= 4 is 15.9 Å². The molecule has 0 amide bonds. The van der Waals surface area contributed by atoms with Crippen molar-refractivity contribution in [1.82, 2.24) is 5.32 Å². The Balaban J connectivity index is 2.21. The molecule has 0 saturated heterocycles. The van der Waals surface area contributed by atoms with Crippen molar-refractivity contribution in [3.8, 4) is 0 Å². The molecule has 112 valence electrons. The van der Waals surface area contributed by atoms with Crippen LogP contribution in [0.15, 0.2) is 46.9 Å².